The van der Waals surface area contributed by atoms with E-state index in [0.29, 0.717) is 6.54 Å². The summed E-state index contributed by atoms with van der Waals surface area (Å²) in [7, 11) is 0. The molecular weight excluding hydrogens is 278 g/mol. The molecule has 0 saturated heterocycles. The Balaban J connectivity index is 2.12. The smallest absolute Gasteiger partial charge is 0.219 e. The van der Waals surface area contributed by atoms with Crippen molar-refractivity contribution in [3.8, 4) is 17.0 Å². The first-order chi connectivity index (χ1) is 10.5. The summed E-state index contributed by atoms with van der Waals surface area (Å²) in [5.74, 6) is 1.04. The first-order valence-corrected chi connectivity index (χ1v) is 7.46. The van der Waals surface area contributed by atoms with Crippen molar-refractivity contribution in [2.24, 2.45) is 0 Å². The summed E-state index contributed by atoms with van der Waals surface area (Å²) in [5, 5.41) is 9.47. The highest BCUT2D eigenvalue weighted by atomic mass is 16.3. The molecule has 1 aromatic carbocycles. The van der Waals surface area contributed by atoms with E-state index in [4.69, 9.17) is 0 Å². The zero-order valence-corrected chi connectivity index (χ0v) is 12.8. The molecule has 0 fully saturated rings. The molecule has 0 unspecified atom stereocenters. The SMILES string of the molecule is CC(=O)N1CCCc2nc(C)nc(-c3ccc(O)cc3)c2C1. The summed E-state index contributed by atoms with van der Waals surface area (Å²) in [6.07, 6.45) is 1.77. The molecule has 1 amide bonds. The average Bonchev–Trinajstić information content (AvgIpc) is 2.69. The molecule has 2 heterocycles. The van der Waals surface area contributed by atoms with Gasteiger partial charge in [0.2, 0.25) is 5.91 Å². The van der Waals surface area contributed by atoms with E-state index in [2.05, 4.69) is 9.97 Å². The topological polar surface area (TPSA) is 66.3 Å². The van der Waals surface area contributed by atoms with Crippen molar-refractivity contribution >= 4 is 5.91 Å². The minimum Gasteiger partial charge on any atom is -0.508 e. The van der Waals surface area contributed by atoms with E-state index in [1.54, 1.807) is 19.1 Å². The van der Waals surface area contributed by atoms with Gasteiger partial charge in [0.05, 0.1) is 5.69 Å². The van der Waals surface area contributed by atoms with E-state index < -0.39 is 0 Å². The van der Waals surface area contributed by atoms with Crippen LogP contribution >= 0.6 is 0 Å². The number of aromatic hydroxyl groups is 1. The Labute approximate surface area is 129 Å². The quantitative estimate of drug-likeness (QED) is 0.878. The lowest BCUT2D eigenvalue weighted by Crippen LogP contribution is -2.28. The summed E-state index contributed by atoms with van der Waals surface area (Å²) in [4.78, 5) is 22.8. The van der Waals surface area contributed by atoms with Crippen molar-refractivity contribution < 1.29 is 9.90 Å². The minimum absolute atomic E-state index is 0.0741. The van der Waals surface area contributed by atoms with Crippen LogP contribution in [0.25, 0.3) is 11.3 Å². The number of aryl methyl sites for hydroxylation is 2. The molecule has 0 radical (unpaired) electrons. The van der Waals surface area contributed by atoms with E-state index in [1.165, 1.54) is 0 Å². The average molecular weight is 297 g/mol. The number of amides is 1. The van der Waals surface area contributed by atoms with E-state index in [-0.39, 0.29) is 11.7 Å². The lowest BCUT2D eigenvalue weighted by molar-refractivity contribution is -0.129. The third-order valence-electron chi connectivity index (χ3n) is 3.98. The fraction of sp³-hybridized carbons (Fsp3) is 0.353. The molecular formula is C17H19N3O2. The van der Waals surface area contributed by atoms with Crippen LogP contribution in [-0.4, -0.2) is 32.4 Å². The number of fused-ring (bicyclic) bond motifs is 1. The van der Waals surface area contributed by atoms with E-state index in [0.717, 1.165) is 47.7 Å². The van der Waals surface area contributed by atoms with E-state index in [1.807, 2.05) is 24.0 Å². The number of phenols is 1. The summed E-state index contributed by atoms with van der Waals surface area (Å²) in [5.41, 5.74) is 3.84. The standard InChI is InChI=1S/C17H19N3O2/c1-11-18-16-4-3-9-20(12(2)21)10-15(16)17(19-11)13-5-7-14(22)8-6-13/h5-8,22H,3-4,9-10H2,1-2H3. The van der Waals surface area contributed by atoms with Crippen LogP contribution in [0.3, 0.4) is 0 Å². The van der Waals surface area contributed by atoms with Crippen molar-refractivity contribution in [1.29, 1.82) is 0 Å². The van der Waals surface area contributed by atoms with Crippen molar-refractivity contribution in [3.63, 3.8) is 0 Å². The summed E-state index contributed by atoms with van der Waals surface area (Å²) in [6, 6.07) is 7.00. The molecule has 2 aromatic rings. The molecule has 22 heavy (non-hydrogen) atoms. The second-order valence-corrected chi connectivity index (χ2v) is 5.64. The summed E-state index contributed by atoms with van der Waals surface area (Å²) >= 11 is 0. The van der Waals surface area contributed by atoms with E-state index >= 15 is 0 Å². The van der Waals surface area contributed by atoms with Gasteiger partial charge in [-0.15, -0.1) is 0 Å². The predicted octanol–water partition coefficient (Wildman–Crippen LogP) is 2.45. The summed E-state index contributed by atoms with van der Waals surface area (Å²) < 4.78 is 0. The van der Waals surface area contributed by atoms with Crippen LogP contribution in [0.5, 0.6) is 5.75 Å². The van der Waals surface area contributed by atoms with E-state index in [9.17, 15) is 9.90 Å². The highest BCUT2D eigenvalue weighted by Crippen LogP contribution is 2.29. The molecule has 5 heteroatoms. The Morgan fingerprint density at radius 1 is 1.23 bits per heavy atom. The van der Waals surface area contributed by atoms with Gasteiger partial charge in [-0.3, -0.25) is 4.79 Å². The number of hydrogen-bond donors (Lipinski definition) is 1. The van der Waals surface area contributed by atoms with Crippen LogP contribution < -0.4 is 0 Å². The van der Waals surface area contributed by atoms with Crippen molar-refractivity contribution in [3.05, 3.63) is 41.3 Å². The van der Waals surface area contributed by atoms with Gasteiger partial charge in [0.25, 0.3) is 0 Å². The second kappa shape index (κ2) is 5.75. The molecule has 1 aliphatic heterocycles. The number of hydrogen-bond acceptors (Lipinski definition) is 4. The Kier molecular flexibility index (Phi) is 3.79. The van der Waals surface area contributed by atoms with Crippen LogP contribution in [0, 0.1) is 6.92 Å². The molecule has 0 spiro atoms. The highest BCUT2D eigenvalue weighted by molar-refractivity contribution is 5.74. The van der Waals surface area contributed by atoms with Gasteiger partial charge in [-0.1, -0.05) is 0 Å². The van der Waals surface area contributed by atoms with Gasteiger partial charge in [0.15, 0.2) is 0 Å². The Hall–Kier alpha value is -2.43. The van der Waals surface area contributed by atoms with Gasteiger partial charge in [0.1, 0.15) is 11.6 Å². The Bertz CT molecular complexity index is 711. The van der Waals surface area contributed by atoms with Gasteiger partial charge in [0, 0.05) is 36.8 Å². The molecule has 114 valence electrons. The number of carbonyl (C=O) groups is 1. The van der Waals surface area contributed by atoms with Gasteiger partial charge < -0.3 is 10.0 Å². The summed E-state index contributed by atoms with van der Waals surface area (Å²) in [6.45, 7) is 4.78. The number of carbonyl (C=O) groups excluding carboxylic acids is 1. The minimum atomic E-state index is 0.0741. The number of aromatic nitrogens is 2. The molecule has 0 aliphatic carbocycles. The number of rotatable bonds is 1. The van der Waals surface area contributed by atoms with Crippen molar-refractivity contribution in [1.82, 2.24) is 14.9 Å². The Morgan fingerprint density at radius 2 is 1.95 bits per heavy atom. The van der Waals surface area contributed by atoms with Gasteiger partial charge in [-0.05, 0) is 44.0 Å². The van der Waals surface area contributed by atoms with Gasteiger partial charge in [-0.2, -0.15) is 0 Å². The second-order valence-electron chi connectivity index (χ2n) is 5.64. The molecule has 0 saturated carbocycles. The maximum Gasteiger partial charge on any atom is 0.219 e. The molecule has 1 aromatic heterocycles. The first kappa shape index (κ1) is 14.5. The number of benzene rings is 1. The molecule has 1 aliphatic rings. The van der Waals surface area contributed by atoms with Gasteiger partial charge >= 0.3 is 0 Å². The fourth-order valence-electron chi connectivity index (χ4n) is 2.86. The largest absolute Gasteiger partial charge is 0.508 e. The first-order valence-electron chi connectivity index (χ1n) is 7.46. The number of nitrogens with zero attached hydrogens (tertiary/aromatic N) is 3. The lowest BCUT2D eigenvalue weighted by Gasteiger charge is -2.20. The molecule has 1 N–H and O–H groups in total. The van der Waals surface area contributed by atoms with Crippen LogP contribution in [0.15, 0.2) is 24.3 Å². The lowest BCUT2D eigenvalue weighted by atomic mass is 10.0. The zero-order valence-electron chi connectivity index (χ0n) is 12.8. The molecule has 0 bridgehead atoms. The van der Waals surface area contributed by atoms with Crippen LogP contribution in [0.1, 0.15) is 30.4 Å². The molecule has 3 rings (SSSR count). The monoisotopic (exact) mass is 297 g/mol. The van der Waals surface area contributed by atoms with Gasteiger partial charge in [-0.25, -0.2) is 9.97 Å². The molecule has 0 atom stereocenters. The van der Waals surface area contributed by atoms with Crippen molar-refractivity contribution in [2.75, 3.05) is 6.54 Å². The maximum atomic E-state index is 11.8. The number of phenolic OH excluding ortho intramolecular Hbond substituents is 1. The zero-order chi connectivity index (χ0) is 15.7. The third kappa shape index (κ3) is 2.79. The normalized spacial score (nSPS) is 14.4. The highest BCUT2D eigenvalue weighted by Gasteiger charge is 2.22. The van der Waals surface area contributed by atoms with Crippen LogP contribution in [0.2, 0.25) is 0 Å². The Morgan fingerprint density at radius 3 is 2.64 bits per heavy atom. The van der Waals surface area contributed by atoms with Crippen molar-refractivity contribution in [2.45, 2.75) is 33.2 Å². The molecule has 5 nitrogen and oxygen atoms in total. The third-order valence-corrected chi connectivity index (χ3v) is 3.98. The predicted molar refractivity (Wildman–Crippen MR) is 83.3 cm³/mol. The van der Waals surface area contributed by atoms with Crippen LogP contribution in [0.4, 0.5) is 0 Å². The fourth-order valence-corrected chi connectivity index (χ4v) is 2.86. The van der Waals surface area contributed by atoms with Crippen LogP contribution in [-0.2, 0) is 17.8 Å². The maximum absolute atomic E-state index is 11.8.